The summed E-state index contributed by atoms with van der Waals surface area (Å²) in [6, 6.07) is 10.6. The summed E-state index contributed by atoms with van der Waals surface area (Å²) in [5, 5.41) is 17.6. The number of hydrogen-bond acceptors (Lipinski definition) is 7. The van der Waals surface area contributed by atoms with Gasteiger partial charge in [0.2, 0.25) is 0 Å². The second kappa shape index (κ2) is 8.81. The lowest BCUT2D eigenvalue weighted by Gasteiger charge is -2.16. The Morgan fingerprint density at radius 1 is 1.18 bits per heavy atom. The molecule has 0 bridgehead atoms. The SMILES string of the molecule is CCC1CC(OCCC#N)CC1c1nnc2cnc3c(ccn3S(=O)(=O)c3ccc(C)cc3)n12. The zero-order chi connectivity index (χ0) is 23.9. The number of fused-ring (bicyclic) bond motifs is 3. The van der Waals surface area contributed by atoms with Gasteiger partial charge in [-0.25, -0.2) is 17.4 Å². The fourth-order valence-electron chi connectivity index (χ4n) is 4.96. The lowest BCUT2D eigenvalue weighted by Crippen LogP contribution is -2.13. The first-order chi connectivity index (χ1) is 16.4. The van der Waals surface area contributed by atoms with E-state index in [-0.39, 0.29) is 16.9 Å². The Morgan fingerprint density at radius 2 is 1.97 bits per heavy atom. The van der Waals surface area contributed by atoms with E-state index in [1.165, 1.54) is 10.2 Å². The van der Waals surface area contributed by atoms with Crippen molar-refractivity contribution in [2.75, 3.05) is 6.61 Å². The van der Waals surface area contributed by atoms with E-state index in [1.807, 2.05) is 11.3 Å². The molecule has 0 aliphatic heterocycles. The maximum absolute atomic E-state index is 13.3. The highest BCUT2D eigenvalue weighted by Gasteiger charge is 2.38. The molecule has 3 atom stereocenters. The van der Waals surface area contributed by atoms with E-state index in [0.29, 0.717) is 35.8 Å². The Hall–Kier alpha value is -3.29. The number of aryl methyl sites for hydroxylation is 1. The van der Waals surface area contributed by atoms with Crippen LogP contribution >= 0.6 is 0 Å². The van der Waals surface area contributed by atoms with Crippen molar-refractivity contribution in [2.24, 2.45) is 5.92 Å². The van der Waals surface area contributed by atoms with E-state index >= 15 is 0 Å². The molecule has 0 saturated heterocycles. The van der Waals surface area contributed by atoms with Gasteiger partial charge in [0.25, 0.3) is 10.0 Å². The molecular formula is C24H26N6O3S. The number of rotatable bonds is 7. The Morgan fingerprint density at radius 3 is 2.71 bits per heavy atom. The Bertz CT molecular complexity index is 1480. The summed E-state index contributed by atoms with van der Waals surface area (Å²) < 4.78 is 35.8. The van der Waals surface area contributed by atoms with Gasteiger partial charge < -0.3 is 4.74 Å². The summed E-state index contributed by atoms with van der Waals surface area (Å²) in [5.41, 5.74) is 2.55. The Balaban J connectivity index is 1.57. The lowest BCUT2D eigenvalue weighted by molar-refractivity contribution is 0.0588. The van der Waals surface area contributed by atoms with Crippen LogP contribution < -0.4 is 0 Å². The molecule has 0 amide bonds. The maximum atomic E-state index is 13.3. The molecule has 0 spiro atoms. The number of nitriles is 1. The smallest absolute Gasteiger partial charge is 0.269 e. The third kappa shape index (κ3) is 3.75. The van der Waals surface area contributed by atoms with Gasteiger partial charge in [0.05, 0.1) is 41.8 Å². The number of aromatic nitrogens is 5. The Labute approximate surface area is 198 Å². The van der Waals surface area contributed by atoms with Crippen molar-refractivity contribution in [1.82, 2.24) is 23.6 Å². The number of nitrogens with zero attached hydrogens (tertiary/aromatic N) is 6. The van der Waals surface area contributed by atoms with Crippen LogP contribution in [0.2, 0.25) is 0 Å². The van der Waals surface area contributed by atoms with Gasteiger partial charge in [-0.3, -0.25) is 4.40 Å². The average Bonchev–Trinajstić information content (AvgIpc) is 3.55. The van der Waals surface area contributed by atoms with E-state index in [1.54, 1.807) is 36.5 Å². The van der Waals surface area contributed by atoms with Gasteiger partial charge in [-0.15, -0.1) is 10.2 Å². The van der Waals surface area contributed by atoms with E-state index in [4.69, 9.17) is 10.00 Å². The predicted molar refractivity (Wildman–Crippen MR) is 126 cm³/mol. The molecule has 0 radical (unpaired) electrons. The molecule has 176 valence electrons. The molecule has 1 fully saturated rings. The quantitative estimate of drug-likeness (QED) is 0.371. The van der Waals surface area contributed by atoms with Crippen LogP contribution in [-0.2, 0) is 14.8 Å². The molecule has 1 aromatic carbocycles. The zero-order valence-electron chi connectivity index (χ0n) is 19.1. The second-order valence-corrected chi connectivity index (χ2v) is 10.6. The van der Waals surface area contributed by atoms with Crippen molar-refractivity contribution in [2.45, 2.75) is 56.4 Å². The van der Waals surface area contributed by atoms with Crippen LogP contribution in [0.5, 0.6) is 0 Å². The first-order valence-electron chi connectivity index (χ1n) is 11.5. The molecule has 34 heavy (non-hydrogen) atoms. The van der Waals surface area contributed by atoms with Crippen LogP contribution in [0, 0.1) is 24.2 Å². The van der Waals surface area contributed by atoms with Crippen LogP contribution in [0.25, 0.3) is 16.8 Å². The van der Waals surface area contributed by atoms with Crippen molar-refractivity contribution < 1.29 is 13.2 Å². The summed E-state index contributed by atoms with van der Waals surface area (Å²) in [4.78, 5) is 4.64. The largest absolute Gasteiger partial charge is 0.377 e. The molecule has 3 unspecified atom stereocenters. The fourth-order valence-corrected chi connectivity index (χ4v) is 6.26. The van der Waals surface area contributed by atoms with Gasteiger partial charge >= 0.3 is 0 Å². The summed E-state index contributed by atoms with van der Waals surface area (Å²) in [6.45, 7) is 4.50. The standard InChI is InChI=1S/C24H26N6O3S/c1-3-17-13-18(33-12-4-10-25)14-20(17)23-28-27-22-15-26-24-21(30(22)23)9-11-29(24)34(31,32)19-7-5-16(2)6-8-19/h5-9,11,15,17-18,20H,3-4,12-14H2,1-2H3. The normalized spacial score (nSPS) is 20.8. The molecule has 3 aromatic heterocycles. The van der Waals surface area contributed by atoms with Gasteiger partial charge in [-0.1, -0.05) is 31.0 Å². The predicted octanol–water partition coefficient (Wildman–Crippen LogP) is 3.83. The number of benzene rings is 1. The topological polar surface area (TPSA) is 115 Å². The molecule has 10 heteroatoms. The molecular weight excluding hydrogens is 452 g/mol. The van der Waals surface area contributed by atoms with Gasteiger partial charge in [0, 0.05) is 12.1 Å². The highest BCUT2D eigenvalue weighted by molar-refractivity contribution is 7.90. The van der Waals surface area contributed by atoms with Crippen LogP contribution in [0.15, 0.2) is 47.6 Å². The van der Waals surface area contributed by atoms with Crippen LogP contribution in [0.4, 0.5) is 0 Å². The van der Waals surface area contributed by atoms with E-state index in [9.17, 15) is 8.42 Å². The van der Waals surface area contributed by atoms with Crippen LogP contribution in [-0.4, -0.2) is 44.7 Å². The highest BCUT2D eigenvalue weighted by Crippen LogP contribution is 2.42. The third-order valence-corrected chi connectivity index (χ3v) is 8.40. The van der Waals surface area contributed by atoms with Crippen molar-refractivity contribution >= 4 is 26.8 Å². The van der Waals surface area contributed by atoms with Gasteiger partial charge in [0.1, 0.15) is 5.82 Å². The molecule has 1 aliphatic carbocycles. The molecule has 9 nitrogen and oxygen atoms in total. The number of hydrogen-bond donors (Lipinski definition) is 0. The summed E-state index contributed by atoms with van der Waals surface area (Å²) in [5.74, 6) is 1.28. The highest BCUT2D eigenvalue weighted by atomic mass is 32.2. The fraction of sp³-hybridized carbons (Fsp3) is 0.417. The minimum absolute atomic E-state index is 0.0690. The van der Waals surface area contributed by atoms with Gasteiger partial charge in [-0.05, 0) is 43.9 Å². The van der Waals surface area contributed by atoms with Crippen molar-refractivity contribution in [1.29, 1.82) is 5.26 Å². The molecule has 1 saturated carbocycles. The monoisotopic (exact) mass is 478 g/mol. The molecule has 3 heterocycles. The molecule has 1 aliphatic rings. The number of ether oxygens (including phenoxy) is 1. The summed E-state index contributed by atoms with van der Waals surface area (Å²) in [6.07, 6.45) is 6.21. The molecule has 0 N–H and O–H groups in total. The Kier molecular flexibility index (Phi) is 5.83. The lowest BCUT2D eigenvalue weighted by atomic mass is 9.93. The maximum Gasteiger partial charge on any atom is 0.269 e. The van der Waals surface area contributed by atoms with Crippen molar-refractivity contribution in [3.8, 4) is 6.07 Å². The minimum atomic E-state index is -3.81. The van der Waals surface area contributed by atoms with Crippen LogP contribution in [0.3, 0.4) is 0 Å². The van der Waals surface area contributed by atoms with Crippen molar-refractivity contribution in [3.63, 3.8) is 0 Å². The van der Waals surface area contributed by atoms with Gasteiger partial charge in [-0.2, -0.15) is 5.26 Å². The molecule has 4 aromatic rings. The average molecular weight is 479 g/mol. The zero-order valence-corrected chi connectivity index (χ0v) is 19.9. The van der Waals surface area contributed by atoms with Crippen LogP contribution in [0.1, 0.15) is 49.9 Å². The van der Waals surface area contributed by atoms with E-state index < -0.39 is 10.0 Å². The first kappa shape index (κ1) is 22.5. The van der Waals surface area contributed by atoms with E-state index in [2.05, 4.69) is 28.2 Å². The summed E-state index contributed by atoms with van der Waals surface area (Å²) in [7, 11) is -3.81. The van der Waals surface area contributed by atoms with Crippen molar-refractivity contribution in [3.05, 3.63) is 54.1 Å². The van der Waals surface area contributed by atoms with E-state index in [0.717, 1.165) is 30.7 Å². The van der Waals surface area contributed by atoms with Gasteiger partial charge in [0.15, 0.2) is 11.3 Å². The summed E-state index contributed by atoms with van der Waals surface area (Å²) >= 11 is 0. The molecule has 5 rings (SSSR count). The minimum Gasteiger partial charge on any atom is -0.377 e. The first-order valence-corrected chi connectivity index (χ1v) is 12.9. The second-order valence-electron chi connectivity index (χ2n) is 8.80. The third-order valence-electron chi connectivity index (χ3n) is 6.71.